The largest absolute Gasteiger partial charge is 0.493 e. The maximum Gasteiger partial charge on any atom is 0.161 e. The molecule has 0 saturated heterocycles. The summed E-state index contributed by atoms with van der Waals surface area (Å²) in [5, 5.41) is 7.99. The Morgan fingerprint density at radius 1 is 1.45 bits per heavy atom. The summed E-state index contributed by atoms with van der Waals surface area (Å²) >= 11 is 1.67. The molecular weight excluding hydrogens is 272 g/mol. The van der Waals surface area contributed by atoms with Gasteiger partial charge in [-0.25, -0.2) is 4.98 Å². The fraction of sp³-hybridized carbons (Fsp3) is 0.571. The van der Waals surface area contributed by atoms with Crippen molar-refractivity contribution in [2.24, 2.45) is 0 Å². The van der Waals surface area contributed by atoms with Crippen LogP contribution in [0.5, 0.6) is 5.75 Å². The van der Waals surface area contributed by atoms with Crippen molar-refractivity contribution in [3.05, 3.63) is 28.0 Å². The van der Waals surface area contributed by atoms with E-state index in [1.165, 1.54) is 4.88 Å². The standard InChI is InChI=1S/C14H22N4OS/c1-6-15-12(14-10(4)16-8-20-14)13-11(19-5)7-17-18(13)9(2)3/h7-9,12,15H,6H2,1-5H3. The number of hydrogen-bond donors (Lipinski definition) is 1. The summed E-state index contributed by atoms with van der Waals surface area (Å²) in [6, 6.07) is 0.343. The molecular formula is C14H22N4OS. The molecule has 0 amide bonds. The highest BCUT2D eigenvalue weighted by molar-refractivity contribution is 7.09. The summed E-state index contributed by atoms with van der Waals surface area (Å²) in [5.41, 5.74) is 4.01. The van der Waals surface area contributed by atoms with Gasteiger partial charge in [0.15, 0.2) is 5.75 Å². The summed E-state index contributed by atoms with van der Waals surface area (Å²) in [6.07, 6.45) is 1.79. The van der Waals surface area contributed by atoms with E-state index in [-0.39, 0.29) is 12.1 Å². The van der Waals surface area contributed by atoms with Crippen LogP contribution in [0.4, 0.5) is 0 Å². The topological polar surface area (TPSA) is 52.0 Å². The second-order valence-electron chi connectivity index (χ2n) is 4.93. The van der Waals surface area contributed by atoms with Crippen LogP contribution in [-0.2, 0) is 0 Å². The van der Waals surface area contributed by atoms with E-state index >= 15 is 0 Å². The number of methoxy groups -OCH3 is 1. The van der Waals surface area contributed by atoms with Crippen molar-refractivity contribution < 1.29 is 4.74 Å². The van der Waals surface area contributed by atoms with Crippen molar-refractivity contribution in [1.82, 2.24) is 20.1 Å². The predicted molar refractivity (Wildman–Crippen MR) is 81.5 cm³/mol. The quantitative estimate of drug-likeness (QED) is 0.890. The van der Waals surface area contributed by atoms with Crippen molar-refractivity contribution in [1.29, 1.82) is 0 Å². The summed E-state index contributed by atoms with van der Waals surface area (Å²) in [4.78, 5) is 5.58. The van der Waals surface area contributed by atoms with Gasteiger partial charge in [0.1, 0.15) is 5.69 Å². The molecule has 110 valence electrons. The zero-order valence-electron chi connectivity index (χ0n) is 12.7. The fourth-order valence-corrected chi connectivity index (χ4v) is 3.18. The first-order valence-corrected chi connectivity index (χ1v) is 7.72. The lowest BCUT2D eigenvalue weighted by Gasteiger charge is -2.21. The molecule has 6 heteroatoms. The third kappa shape index (κ3) is 2.71. The van der Waals surface area contributed by atoms with E-state index in [0.29, 0.717) is 0 Å². The molecule has 0 saturated carbocycles. The fourth-order valence-electron chi connectivity index (χ4n) is 2.30. The second-order valence-corrected chi connectivity index (χ2v) is 5.82. The molecule has 2 rings (SSSR count). The number of nitrogens with one attached hydrogen (secondary N) is 1. The average molecular weight is 294 g/mol. The van der Waals surface area contributed by atoms with Gasteiger partial charge < -0.3 is 10.1 Å². The molecule has 0 aliphatic heterocycles. The van der Waals surface area contributed by atoms with Crippen LogP contribution in [0.15, 0.2) is 11.7 Å². The third-order valence-electron chi connectivity index (χ3n) is 3.23. The minimum Gasteiger partial charge on any atom is -0.493 e. The molecule has 2 aromatic heterocycles. The van der Waals surface area contributed by atoms with Crippen molar-refractivity contribution in [2.75, 3.05) is 13.7 Å². The lowest BCUT2D eigenvalue weighted by Crippen LogP contribution is -2.26. The van der Waals surface area contributed by atoms with Crippen LogP contribution in [0, 0.1) is 6.92 Å². The van der Waals surface area contributed by atoms with E-state index in [0.717, 1.165) is 23.7 Å². The molecule has 2 aromatic rings. The maximum atomic E-state index is 5.50. The number of aryl methyl sites for hydroxylation is 1. The highest BCUT2D eigenvalue weighted by Crippen LogP contribution is 2.34. The maximum absolute atomic E-state index is 5.50. The van der Waals surface area contributed by atoms with E-state index in [1.54, 1.807) is 24.6 Å². The second kappa shape index (κ2) is 6.37. The van der Waals surface area contributed by atoms with Crippen LogP contribution >= 0.6 is 11.3 Å². The lowest BCUT2D eigenvalue weighted by molar-refractivity contribution is 0.394. The van der Waals surface area contributed by atoms with Gasteiger partial charge in [-0.3, -0.25) is 4.68 Å². The van der Waals surface area contributed by atoms with Gasteiger partial charge >= 0.3 is 0 Å². The van der Waals surface area contributed by atoms with Crippen LogP contribution in [0.25, 0.3) is 0 Å². The van der Waals surface area contributed by atoms with Crippen molar-refractivity contribution in [2.45, 2.75) is 39.8 Å². The van der Waals surface area contributed by atoms with Crippen LogP contribution in [-0.4, -0.2) is 28.4 Å². The summed E-state index contributed by atoms with van der Waals surface area (Å²) in [6.45, 7) is 9.26. The molecule has 20 heavy (non-hydrogen) atoms. The van der Waals surface area contributed by atoms with Crippen LogP contribution in [0.1, 0.15) is 49.1 Å². The first kappa shape index (κ1) is 15.0. The first-order chi connectivity index (χ1) is 9.60. The molecule has 2 heterocycles. The van der Waals surface area contributed by atoms with Gasteiger partial charge in [0, 0.05) is 6.04 Å². The van der Waals surface area contributed by atoms with Gasteiger partial charge in [-0.1, -0.05) is 6.92 Å². The zero-order valence-corrected chi connectivity index (χ0v) is 13.5. The lowest BCUT2D eigenvalue weighted by atomic mass is 10.1. The number of nitrogens with zero attached hydrogens (tertiary/aromatic N) is 3. The molecule has 1 atom stereocenters. The molecule has 0 aromatic carbocycles. The Kier molecular flexibility index (Phi) is 4.77. The Bertz CT molecular complexity index is 561. The van der Waals surface area contributed by atoms with Crippen molar-refractivity contribution in [3.63, 3.8) is 0 Å². The Morgan fingerprint density at radius 3 is 2.70 bits per heavy atom. The molecule has 0 radical (unpaired) electrons. The number of aromatic nitrogens is 3. The van der Waals surface area contributed by atoms with E-state index in [9.17, 15) is 0 Å². The molecule has 1 unspecified atom stereocenters. The molecule has 0 bridgehead atoms. The summed E-state index contributed by atoms with van der Waals surface area (Å²) < 4.78 is 7.52. The summed E-state index contributed by atoms with van der Waals surface area (Å²) in [5.74, 6) is 0.817. The molecule has 0 aliphatic carbocycles. The van der Waals surface area contributed by atoms with Gasteiger partial charge in [0.05, 0.1) is 35.4 Å². The molecule has 5 nitrogen and oxygen atoms in total. The minimum atomic E-state index is 0.0624. The molecule has 0 aliphatic rings. The van der Waals surface area contributed by atoms with Crippen LogP contribution < -0.4 is 10.1 Å². The van der Waals surface area contributed by atoms with E-state index in [1.807, 2.05) is 17.1 Å². The molecule has 0 fully saturated rings. The van der Waals surface area contributed by atoms with Gasteiger partial charge in [-0.2, -0.15) is 5.10 Å². The Balaban J connectivity index is 2.54. The monoisotopic (exact) mass is 294 g/mol. The normalized spacial score (nSPS) is 12.9. The van der Waals surface area contributed by atoms with E-state index < -0.39 is 0 Å². The van der Waals surface area contributed by atoms with Gasteiger partial charge in [0.2, 0.25) is 0 Å². The zero-order chi connectivity index (χ0) is 14.7. The summed E-state index contributed by atoms with van der Waals surface area (Å²) in [7, 11) is 1.69. The number of hydrogen-bond acceptors (Lipinski definition) is 5. The van der Waals surface area contributed by atoms with Gasteiger partial charge in [-0.15, -0.1) is 11.3 Å². The molecule has 1 N–H and O–H groups in total. The van der Waals surface area contributed by atoms with Gasteiger partial charge in [0.25, 0.3) is 0 Å². The SMILES string of the molecule is CCNC(c1scnc1C)c1c(OC)cnn1C(C)C. The predicted octanol–water partition coefficient (Wildman–Crippen LogP) is 2.94. The third-order valence-corrected chi connectivity index (χ3v) is 4.23. The van der Waals surface area contributed by atoms with E-state index in [2.05, 4.69) is 36.2 Å². The van der Waals surface area contributed by atoms with Crippen LogP contribution in [0.3, 0.4) is 0 Å². The van der Waals surface area contributed by atoms with Gasteiger partial charge in [-0.05, 0) is 27.3 Å². The van der Waals surface area contributed by atoms with E-state index in [4.69, 9.17) is 4.74 Å². The number of rotatable bonds is 6. The Hall–Kier alpha value is -1.40. The smallest absolute Gasteiger partial charge is 0.161 e. The van der Waals surface area contributed by atoms with Crippen LogP contribution in [0.2, 0.25) is 0 Å². The highest BCUT2D eigenvalue weighted by Gasteiger charge is 2.26. The first-order valence-electron chi connectivity index (χ1n) is 6.84. The van der Waals surface area contributed by atoms with Crippen molar-refractivity contribution in [3.8, 4) is 5.75 Å². The number of thiazole rings is 1. The Labute approximate surface area is 124 Å². The molecule has 0 spiro atoms. The number of ether oxygens (including phenoxy) is 1. The van der Waals surface area contributed by atoms with Crippen molar-refractivity contribution >= 4 is 11.3 Å². The average Bonchev–Trinajstić information content (AvgIpc) is 3.02. The highest BCUT2D eigenvalue weighted by atomic mass is 32.1. The minimum absolute atomic E-state index is 0.0624. The Morgan fingerprint density at radius 2 is 2.20 bits per heavy atom.